The topological polar surface area (TPSA) is 58.9 Å². The molecule has 0 radical (unpaired) electrons. The number of nitrogens with one attached hydrogen (secondary N) is 1. The zero-order valence-electron chi connectivity index (χ0n) is 15.0. The molecule has 1 aromatic carbocycles. The molecule has 0 unspecified atom stereocenters. The van der Waals surface area contributed by atoms with E-state index in [-0.39, 0.29) is 5.82 Å². The Morgan fingerprint density at radius 1 is 1.12 bits per heavy atom. The summed E-state index contributed by atoms with van der Waals surface area (Å²) in [4.78, 5) is 16.2. The monoisotopic (exact) mass is 354 g/mol. The van der Waals surface area contributed by atoms with Gasteiger partial charge in [0, 0.05) is 26.2 Å². The van der Waals surface area contributed by atoms with Crippen LogP contribution in [-0.2, 0) is 13.0 Å². The third-order valence-corrected chi connectivity index (χ3v) is 4.80. The normalized spacial score (nSPS) is 14.3. The SMILES string of the molecule is CCn1cnc2c(NCCc3ccc(F)cc3)nc(N3CCCC3)nc21. The number of rotatable bonds is 6. The molecular weight excluding hydrogens is 331 g/mol. The largest absolute Gasteiger partial charge is 0.368 e. The van der Waals surface area contributed by atoms with Gasteiger partial charge in [0.15, 0.2) is 17.0 Å². The molecule has 1 N–H and O–H groups in total. The van der Waals surface area contributed by atoms with E-state index >= 15 is 0 Å². The van der Waals surface area contributed by atoms with Crippen molar-refractivity contribution in [2.75, 3.05) is 29.9 Å². The van der Waals surface area contributed by atoms with E-state index in [1.807, 2.05) is 23.0 Å². The standard InChI is InChI=1S/C19H23FN6/c1-2-25-13-22-16-17(21-10-9-14-5-7-15(20)8-6-14)23-19(24-18(16)25)26-11-3-4-12-26/h5-8,13H,2-4,9-12H2,1H3,(H,21,23,24). The van der Waals surface area contributed by atoms with E-state index in [0.29, 0.717) is 6.54 Å². The molecule has 7 heteroatoms. The van der Waals surface area contributed by atoms with Crippen LogP contribution < -0.4 is 10.2 Å². The second-order valence-electron chi connectivity index (χ2n) is 6.57. The van der Waals surface area contributed by atoms with E-state index in [9.17, 15) is 4.39 Å². The second kappa shape index (κ2) is 7.27. The van der Waals surface area contributed by atoms with Crippen LogP contribution in [0.1, 0.15) is 25.3 Å². The molecule has 1 aliphatic heterocycles. The van der Waals surface area contributed by atoms with Crippen LogP contribution in [0.5, 0.6) is 0 Å². The number of anilines is 2. The molecule has 136 valence electrons. The minimum absolute atomic E-state index is 0.209. The molecule has 3 aromatic rings. The highest BCUT2D eigenvalue weighted by Crippen LogP contribution is 2.24. The number of aryl methyl sites for hydroxylation is 1. The lowest BCUT2D eigenvalue weighted by Crippen LogP contribution is -2.21. The third kappa shape index (κ3) is 3.34. The lowest BCUT2D eigenvalue weighted by Gasteiger charge is -2.17. The van der Waals surface area contributed by atoms with Crippen LogP contribution in [-0.4, -0.2) is 39.2 Å². The fourth-order valence-corrected chi connectivity index (χ4v) is 3.32. The molecule has 1 aliphatic rings. The summed E-state index contributed by atoms with van der Waals surface area (Å²) in [7, 11) is 0. The summed E-state index contributed by atoms with van der Waals surface area (Å²) < 4.78 is 15.1. The van der Waals surface area contributed by atoms with Crippen molar-refractivity contribution in [3.63, 3.8) is 0 Å². The average Bonchev–Trinajstić information content (AvgIpc) is 3.32. The van der Waals surface area contributed by atoms with Gasteiger partial charge in [-0.2, -0.15) is 9.97 Å². The van der Waals surface area contributed by atoms with Gasteiger partial charge >= 0.3 is 0 Å². The van der Waals surface area contributed by atoms with Crippen LogP contribution in [0.4, 0.5) is 16.2 Å². The first-order valence-corrected chi connectivity index (χ1v) is 9.20. The van der Waals surface area contributed by atoms with Crippen molar-refractivity contribution < 1.29 is 4.39 Å². The quantitative estimate of drug-likeness (QED) is 0.736. The first-order valence-electron chi connectivity index (χ1n) is 9.20. The lowest BCUT2D eigenvalue weighted by atomic mass is 10.1. The number of halogens is 1. The molecule has 4 rings (SSSR count). The summed E-state index contributed by atoms with van der Waals surface area (Å²) in [6.45, 7) is 5.61. The average molecular weight is 354 g/mol. The van der Waals surface area contributed by atoms with Crippen LogP contribution >= 0.6 is 0 Å². The van der Waals surface area contributed by atoms with Gasteiger partial charge in [-0.15, -0.1) is 0 Å². The maximum absolute atomic E-state index is 13.0. The maximum Gasteiger partial charge on any atom is 0.229 e. The molecule has 0 bridgehead atoms. The minimum Gasteiger partial charge on any atom is -0.368 e. The molecule has 0 atom stereocenters. The van der Waals surface area contributed by atoms with Crippen molar-refractivity contribution in [1.29, 1.82) is 0 Å². The molecule has 2 aromatic heterocycles. The molecule has 3 heterocycles. The number of hydrogen-bond acceptors (Lipinski definition) is 5. The minimum atomic E-state index is -0.209. The summed E-state index contributed by atoms with van der Waals surface area (Å²) in [5.74, 6) is 1.33. The lowest BCUT2D eigenvalue weighted by molar-refractivity contribution is 0.627. The van der Waals surface area contributed by atoms with Crippen LogP contribution in [0.2, 0.25) is 0 Å². The number of fused-ring (bicyclic) bond motifs is 1. The zero-order chi connectivity index (χ0) is 17.9. The number of hydrogen-bond donors (Lipinski definition) is 1. The van der Waals surface area contributed by atoms with Crippen LogP contribution in [0.15, 0.2) is 30.6 Å². The molecule has 1 fully saturated rings. The molecule has 6 nitrogen and oxygen atoms in total. The van der Waals surface area contributed by atoms with Gasteiger partial charge in [-0.25, -0.2) is 9.37 Å². The van der Waals surface area contributed by atoms with Crippen molar-refractivity contribution in [1.82, 2.24) is 19.5 Å². The van der Waals surface area contributed by atoms with Crippen LogP contribution in [0.25, 0.3) is 11.2 Å². The molecule has 0 saturated carbocycles. The first-order chi connectivity index (χ1) is 12.7. The molecule has 26 heavy (non-hydrogen) atoms. The van der Waals surface area contributed by atoms with Gasteiger partial charge in [0.1, 0.15) is 5.82 Å². The Morgan fingerprint density at radius 2 is 1.88 bits per heavy atom. The van der Waals surface area contributed by atoms with Gasteiger partial charge in [0.25, 0.3) is 0 Å². The highest BCUT2D eigenvalue weighted by atomic mass is 19.1. The number of imidazole rings is 1. The van der Waals surface area contributed by atoms with E-state index in [1.54, 1.807) is 0 Å². The second-order valence-corrected chi connectivity index (χ2v) is 6.57. The van der Waals surface area contributed by atoms with Gasteiger partial charge in [-0.1, -0.05) is 12.1 Å². The summed E-state index contributed by atoms with van der Waals surface area (Å²) in [5.41, 5.74) is 2.76. The van der Waals surface area contributed by atoms with Crippen LogP contribution in [0, 0.1) is 5.82 Å². The number of nitrogens with zero attached hydrogens (tertiary/aromatic N) is 5. The number of benzene rings is 1. The molecule has 0 aliphatic carbocycles. The summed E-state index contributed by atoms with van der Waals surface area (Å²) >= 11 is 0. The van der Waals surface area contributed by atoms with Crippen molar-refractivity contribution >= 4 is 22.9 Å². The predicted molar refractivity (Wildman–Crippen MR) is 101 cm³/mol. The molecule has 1 saturated heterocycles. The maximum atomic E-state index is 13.0. The van der Waals surface area contributed by atoms with Crippen LogP contribution in [0.3, 0.4) is 0 Å². The van der Waals surface area contributed by atoms with Crippen molar-refractivity contribution in [2.45, 2.75) is 32.7 Å². The van der Waals surface area contributed by atoms with E-state index in [1.165, 1.54) is 25.0 Å². The Labute approximate surface area is 152 Å². The Hall–Kier alpha value is -2.70. The van der Waals surface area contributed by atoms with Gasteiger partial charge in [0.2, 0.25) is 5.95 Å². The smallest absolute Gasteiger partial charge is 0.229 e. The molecule has 0 spiro atoms. The van der Waals surface area contributed by atoms with Gasteiger partial charge in [0.05, 0.1) is 6.33 Å². The van der Waals surface area contributed by atoms with Gasteiger partial charge < -0.3 is 14.8 Å². The third-order valence-electron chi connectivity index (χ3n) is 4.80. The van der Waals surface area contributed by atoms with Gasteiger partial charge in [-0.05, 0) is 43.9 Å². The Balaban J connectivity index is 1.58. The predicted octanol–water partition coefficient (Wildman–Crippen LogP) is 3.24. The van der Waals surface area contributed by atoms with E-state index in [2.05, 4.69) is 22.1 Å². The van der Waals surface area contributed by atoms with E-state index in [4.69, 9.17) is 9.97 Å². The summed E-state index contributed by atoms with van der Waals surface area (Å²) in [6.07, 6.45) is 4.97. The van der Waals surface area contributed by atoms with E-state index in [0.717, 1.165) is 54.5 Å². The zero-order valence-corrected chi connectivity index (χ0v) is 15.0. The summed E-state index contributed by atoms with van der Waals surface area (Å²) in [5, 5.41) is 3.40. The first kappa shape index (κ1) is 16.8. The molecular formula is C19H23FN6. The van der Waals surface area contributed by atoms with Crippen molar-refractivity contribution in [3.05, 3.63) is 42.0 Å². The fourth-order valence-electron chi connectivity index (χ4n) is 3.32. The number of aromatic nitrogens is 4. The van der Waals surface area contributed by atoms with Crippen molar-refractivity contribution in [2.24, 2.45) is 0 Å². The molecule has 0 amide bonds. The Morgan fingerprint density at radius 3 is 2.62 bits per heavy atom. The Bertz CT molecular complexity index is 883. The van der Waals surface area contributed by atoms with E-state index < -0.39 is 0 Å². The van der Waals surface area contributed by atoms with Gasteiger partial charge in [-0.3, -0.25) is 0 Å². The highest BCUT2D eigenvalue weighted by Gasteiger charge is 2.19. The summed E-state index contributed by atoms with van der Waals surface area (Å²) in [6, 6.07) is 6.61. The van der Waals surface area contributed by atoms with Crippen molar-refractivity contribution in [3.8, 4) is 0 Å². The fraction of sp³-hybridized carbons (Fsp3) is 0.421. The highest BCUT2D eigenvalue weighted by molar-refractivity contribution is 5.84. The Kier molecular flexibility index (Phi) is 4.69.